The monoisotopic (exact) mass is 621 g/mol. The third kappa shape index (κ3) is 5.22. The Morgan fingerprint density at radius 1 is 1.00 bits per heavy atom. The van der Waals surface area contributed by atoms with Gasteiger partial charge in [-0.1, -0.05) is 31.4 Å². The second kappa shape index (κ2) is 11.9. The Kier molecular flexibility index (Phi) is 7.80. The summed E-state index contributed by atoms with van der Waals surface area (Å²) in [5.41, 5.74) is 15.1. The molecular formula is C34H39N9O3. The van der Waals surface area contributed by atoms with Crippen molar-refractivity contribution in [2.45, 2.75) is 87.7 Å². The van der Waals surface area contributed by atoms with E-state index in [9.17, 15) is 19.6 Å². The van der Waals surface area contributed by atoms with E-state index in [-0.39, 0.29) is 30.6 Å². The van der Waals surface area contributed by atoms with E-state index in [2.05, 4.69) is 32.0 Å². The van der Waals surface area contributed by atoms with E-state index in [0.717, 1.165) is 60.8 Å². The Morgan fingerprint density at radius 3 is 2.22 bits per heavy atom. The quantitative estimate of drug-likeness (QED) is 0.279. The molecule has 1 aliphatic heterocycles. The van der Waals surface area contributed by atoms with Gasteiger partial charge in [0.25, 0.3) is 0 Å². The summed E-state index contributed by atoms with van der Waals surface area (Å²) < 4.78 is 0. The highest BCUT2D eigenvalue weighted by atomic mass is 16.2. The van der Waals surface area contributed by atoms with Gasteiger partial charge in [-0.2, -0.15) is 5.26 Å². The average molecular weight is 622 g/mol. The van der Waals surface area contributed by atoms with E-state index in [4.69, 9.17) is 11.5 Å². The molecule has 0 spiro atoms. The molecular weight excluding hydrogens is 582 g/mol. The Bertz CT molecular complexity index is 1640. The van der Waals surface area contributed by atoms with E-state index in [1.807, 2.05) is 24.3 Å². The summed E-state index contributed by atoms with van der Waals surface area (Å²) in [7, 11) is 0. The lowest BCUT2D eigenvalue weighted by molar-refractivity contribution is -0.131. The van der Waals surface area contributed by atoms with E-state index in [1.165, 1.54) is 6.42 Å². The van der Waals surface area contributed by atoms with Gasteiger partial charge in [0.15, 0.2) is 5.82 Å². The number of piperidine rings is 1. The zero-order valence-electron chi connectivity index (χ0n) is 25.7. The van der Waals surface area contributed by atoms with Gasteiger partial charge in [0.2, 0.25) is 17.7 Å². The second-order valence-corrected chi connectivity index (χ2v) is 13.5. The Hall–Kier alpha value is -4.63. The molecule has 1 aromatic heterocycles. The predicted molar refractivity (Wildman–Crippen MR) is 167 cm³/mol. The molecule has 238 valence electrons. The third-order valence-corrected chi connectivity index (χ3v) is 10.9. The fourth-order valence-electron chi connectivity index (χ4n) is 8.58. The van der Waals surface area contributed by atoms with Crippen LogP contribution >= 0.6 is 0 Å². The van der Waals surface area contributed by atoms with Gasteiger partial charge >= 0.3 is 0 Å². The summed E-state index contributed by atoms with van der Waals surface area (Å²) in [6.45, 7) is 0.133. The highest BCUT2D eigenvalue weighted by molar-refractivity contribution is 5.94. The van der Waals surface area contributed by atoms with Crippen LogP contribution in [-0.4, -0.2) is 67.9 Å². The molecule has 12 nitrogen and oxygen atoms in total. The zero-order valence-corrected chi connectivity index (χ0v) is 25.7. The van der Waals surface area contributed by atoms with Crippen molar-refractivity contribution in [3.8, 4) is 6.07 Å². The number of nitriles is 1. The van der Waals surface area contributed by atoms with Crippen LogP contribution < -0.4 is 16.8 Å². The first-order valence-electron chi connectivity index (χ1n) is 16.3. The number of amides is 3. The topological polar surface area (TPSA) is 197 Å². The largest absolute Gasteiger partial charge is 0.366 e. The number of hydrogen-bond acceptors (Lipinski definition) is 8. The van der Waals surface area contributed by atoms with Gasteiger partial charge < -0.3 is 21.7 Å². The van der Waals surface area contributed by atoms with Crippen LogP contribution in [0.1, 0.15) is 100 Å². The van der Waals surface area contributed by atoms with Gasteiger partial charge in [-0.25, -0.2) is 5.10 Å². The van der Waals surface area contributed by atoms with Crippen LogP contribution in [0, 0.1) is 23.2 Å². The highest BCUT2D eigenvalue weighted by Crippen LogP contribution is 2.49. The molecule has 3 fully saturated rings. The molecule has 0 bridgehead atoms. The van der Waals surface area contributed by atoms with Crippen LogP contribution in [-0.2, 0) is 23.1 Å². The Balaban J connectivity index is 1.34. The maximum absolute atomic E-state index is 13.7. The van der Waals surface area contributed by atoms with E-state index in [1.54, 1.807) is 17.0 Å². The number of nitrogens with one attached hydrogen (secondary N) is 2. The van der Waals surface area contributed by atoms with Gasteiger partial charge in [0.05, 0.1) is 18.0 Å². The number of carbonyl (C=O) groups excluding carboxylic acids is 3. The molecule has 2 aromatic carbocycles. The van der Waals surface area contributed by atoms with Crippen molar-refractivity contribution < 1.29 is 14.4 Å². The molecule has 46 heavy (non-hydrogen) atoms. The van der Waals surface area contributed by atoms with Crippen molar-refractivity contribution in [3.05, 3.63) is 75.6 Å². The highest BCUT2D eigenvalue weighted by Gasteiger charge is 2.54. The minimum atomic E-state index is -0.917. The fraction of sp³-hybridized carbons (Fsp3) is 0.500. The second-order valence-electron chi connectivity index (χ2n) is 13.5. The normalized spacial score (nSPS) is 23.7. The Morgan fingerprint density at radius 2 is 1.65 bits per heavy atom. The summed E-state index contributed by atoms with van der Waals surface area (Å²) >= 11 is 0. The van der Waals surface area contributed by atoms with Crippen LogP contribution in [0.15, 0.2) is 36.4 Å². The SMILES string of the molecule is N#C[C@@H]1C[C@@H]2C[C@@H]2N1C(=O)CN[C@@H](CC1(c2nnn[nH]2)c2ccc(C(N)=O)cc2CCc2cc(C(N)=O)ccc21)C1CCCCC1. The number of likely N-dealkylation sites (tertiary alicyclic amines) is 1. The van der Waals surface area contributed by atoms with Crippen LogP contribution in [0.2, 0.25) is 0 Å². The number of primary amides is 2. The molecule has 4 atom stereocenters. The summed E-state index contributed by atoms with van der Waals surface area (Å²) in [4.78, 5) is 40.0. The summed E-state index contributed by atoms with van der Waals surface area (Å²) in [6, 6.07) is 13.1. The molecule has 3 amide bonds. The molecule has 0 radical (unpaired) electrons. The van der Waals surface area contributed by atoms with Crippen molar-refractivity contribution in [2.75, 3.05) is 6.54 Å². The maximum atomic E-state index is 13.7. The number of aromatic amines is 1. The third-order valence-electron chi connectivity index (χ3n) is 10.9. The van der Waals surface area contributed by atoms with E-state index < -0.39 is 17.2 Å². The summed E-state index contributed by atoms with van der Waals surface area (Å²) in [6.07, 6.45) is 8.89. The van der Waals surface area contributed by atoms with Crippen molar-refractivity contribution in [2.24, 2.45) is 23.3 Å². The number of nitrogens with zero attached hydrogens (tertiary/aromatic N) is 5. The molecule has 3 aliphatic carbocycles. The molecule has 1 saturated heterocycles. The molecule has 2 saturated carbocycles. The standard InChI is InChI=1S/C34H39N9O3/c35-17-25-14-24-15-29(24)43(25)30(44)18-38-28(19-4-2-1-3-5-19)16-34(33-39-41-42-40-33)26-10-8-22(31(36)45)12-20(26)6-7-21-13-23(32(37)46)9-11-27(21)34/h8-13,19,24-25,28-29,38H,1-7,14-16,18H2,(H2,36,45)(H2,37,46)(H,39,40,41,42)/t24-,25+,28+,29+/m1/s1. The fourth-order valence-corrected chi connectivity index (χ4v) is 8.58. The van der Waals surface area contributed by atoms with Crippen LogP contribution in [0.25, 0.3) is 0 Å². The lowest BCUT2D eigenvalue weighted by atomic mass is 9.65. The first-order valence-corrected chi connectivity index (χ1v) is 16.3. The van der Waals surface area contributed by atoms with Gasteiger partial charge in [0.1, 0.15) is 6.04 Å². The molecule has 4 aliphatic rings. The van der Waals surface area contributed by atoms with Crippen LogP contribution in [0.5, 0.6) is 0 Å². The maximum Gasteiger partial charge on any atom is 0.248 e. The van der Waals surface area contributed by atoms with Crippen molar-refractivity contribution in [1.82, 2.24) is 30.8 Å². The van der Waals surface area contributed by atoms with Gasteiger partial charge in [-0.3, -0.25) is 14.4 Å². The molecule has 6 N–H and O–H groups in total. The number of aromatic nitrogens is 4. The summed E-state index contributed by atoms with van der Waals surface area (Å²) in [5, 5.41) is 29.0. The molecule has 2 heterocycles. The molecule has 7 rings (SSSR count). The van der Waals surface area contributed by atoms with E-state index >= 15 is 0 Å². The number of aryl methyl sites for hydroxylation is 2. The lowest BCUT2D eigenvalue weighted by Crippen LogP contribution is -2.50. The number of nitrogens with two attached hydrogens (primary N) is 2. The number of H-pyrrole nitrogens is 1. The van der Waals surface area contributed by atoms with Crippen LogP contribution in [0.4, 0.5) is 0 Å². The number of rotatable bonds is 9. The number of tetrazole rings is 1. The van der Waals surface area contributed by atoms with E-state index in [0.29, 0.717) is 48.0 Å². The minimum absolute atomic E-state index is 0.0355. The zero-order chi connectivity index (χ0) is 32.0. The van der Waals surface area contributed by atoms with Gasteiger partial charge in [0, 0.05) is 23.2 Å². The first-order chi connectivity index (χ1) is 22.3. The Labute approximate surface area is 267 Å². The average Bonchev–Trinajstić information content (AvgIpc) is 3.45. The number of benzene rings is 2. The van der Waals surface area contributed by atoms with Crippen LogP contribution in [0.3, 0.4) is 0 Å². The number of fused-ring (bicyclic) bond motifs is 3. The molecule has 0 unspecified atom stereocenters. The predicted octanol–water partition coefficient (Wildman–Crippen LogP) is 2.27. The molecule has 12 heteroatoms. The minimum Gasteiger partial charge on any atom is -0.366 e. The van der Waals surface area contributed by atoms with Gasteiger partial charge in [-0.15, -0.1) is 5.10 Å². The number of hydrogen-bond donors (Lipinski definition) is 4. The molecule has 3 aromatic rings. The van der Waals surface area contributed by atoms with Crippen molar-refractivity contribution in [1.29, 1.82) is 5.26 Å². The summed E-state index contributed by atoms with van der Waals surface area (Å²) in [5.74, 6) is 0.213. The van der Waals surface area contributed by atoms with Gasteiger partial charge in [-0.05, 0) is 114 Å². The first kappa shape index (κ1) is 30.0. The number of carbonyl (C=O) groups is 3. The smallest absolute Gasteiger partial charge is 0.248 e. The lowest BCUT2D eigenvalue weighted by Gasteiger charge is -2.41. The van der Waals surface area contributed by atoms with Crippen molar-refractivity contribution in [3.63, 3.8) is 0 Å². The van der Waals surface area contributed by atoms with Crippen molar-refractivity contribution >= 4 is 17.7 Å².